The molecule has 3 nitrogen and oxygen atoms in total. The van der Waals surface area contributed by atoms with Gasteiger partial charge in [0.05, 0.1) is 11.1 Å². The highest BCUT2D eigenvalue weighted by atomic mass is 19.4. The zero-order chi connectivity index (χ0) is 17.2. The molecule has 1 aliphatic rings. The highest BCUT2D eigenvalue weighted by Crippen LogP contribution is 2.36. The molecule has 1 unspecified atom stereocenters. The summed E-state index contributed by atoms with van der Waals surface area (Å²) in [6, 6.07) is 4.75. The lowest BCUT2D eigenvalue weighted by Crippen LogP contribution is -2.20. The predicted molar refractivity (Wildman–Crippen MR) is 81.4 cm³/mol. The van der Waals surface area contributed by atoms with E-state index in [0.717, 1.165) is 12.1 Å². The van der Waals surface area contributed by atoms with Crippen molar-refractivity contribution in [1.29, 1.82) is 0 Å². The SMILES string of the molecule is C=CCN(C)C1=C(c2cccc(C(F)(F)F)c2)C(=O)C(CC)O1. The van der Waals surface area contributed by atoms with Crippen LogP contribution in [-0.2, 0) is 15.7 Å². The van der Waals surface area contributed by atoms with Gasteiger partial charge in [0.1, 0.15) is 0 Å². The van der Waals surface area contributed by atoms with Gasteiger partial charge in [-0.1, -0.05) is 25.1 Å². The number of hydrogen-bond donors (Lipinski definition) is 0. The Balaban J connectivity index is 2.53. The fourth-order valence-electron chi connectivity index (χ4n) is 2.46. The Morgan fingerprint density at radius 2 is 2.09 bits per heavy atom. The van der Waals surface area contributed by atoms with Gasteiger partial charge < -0.3 is 9.64 Å². The van der Waals surface area contributed by atoms with Crippen LogP contribution in [0.25, 0.3) is 5.57 Å². The number of ketones is 1. The molecule has 6 heteroatoms. The van der Waals surface area contributed by atoms with Crippen LogP contribution < -0.4 is 0 Å². The van der Waals surface area contributed by atoms with Gasteiger partial charge in [-0.15, -0.1) is 6.58 Å². The van der Waals surface area contributed by atoms with Crippen molar-refractivity contribution in [2.45, 2.75) is 25.6 Å². The summed E-state index contributed by atoms with van der Waals surface area (Å²) >= 11 is 0. The lowest BCUT2D eigenvalue weighted by Gasteiger charge is -2.20. The van der Waals surface area contributed by atoms with E-state index in [-0.39, 0.29) is 16.9 Å². The first-order valence-electron chi connectivity index (χ1n) is 7.24. The maximum Gasteiger partial charge on any atom is 0.416 e. The summed E-state index contributed by atoms with van der Waals surface area (Å²) in [5.74, 6) is -0.00110. The average Bonchev–Trinajstić information content (AvgIpc) is 2.83. The molecular formula is C17H18F3NO2. The number of carbonyl (C=O) groups excluding carboxylic acids is 1. The van der Waals surface area contributed by atoms with Crippen molar-refractivity contribution in [2.75, 3.05) is 13.6 Å². The molecule has 0 N–H and O–H groups in total. The number of benzene rings is 1. The molecule has 0 saturated heterocycles. The van der Waals surface area contributed by atoms with Gasteiger partial charge >= 0.3 is 6.18 Å². The van der Waals surface area contributed by atoms with E-state index in [9.17, 15) is 18.0 Å². The molecule has 0 aromatic heterocycles. The summed E-state index contributed by atoms with van der Waals surface area (Å²) in [5, 5.41) is 0. The minimum atomic E-state index is -4.46. The van der Waals surface area contributed by atoms with E-state index < -0.39 is 17.8 Å². The van der Waals surface area contributed by atoms with Crippen LogP contribution in [0.5, 0.6) is 0 Å². The fraction of sp³-hybridized carbons (Fsp3) is 0.353. The van der Waals surface area contributed by atoms with Gasteiger partial charge in [-0.05, 0) is 24.1 Å². The zero-order valence-electron chi connectivity index (χ0n) is 13.0. The first kappa shape index (κ1) is 17.1. The molecule has 2 rings (SSSR count). The fourth-order valence-corrected chi connectivity index (χ4v) is 2.46. The Morgan fingerprint density at radius 1 is 1.39 bits per heavy atom. The second-order valence-electron chi connectivity index (χ2n) is 5.31. The Kier molecular flexibility index (Phi) is 4.82. The van der Waals surface area contributed by atoms with Gasteiger partial charge in [0.25, 0.3) is 0 Å². The maximum absolute atomic E-state index is 12.9. The summed E-state index contributed by atoms with van der Waals surface area (Å²) in [5.41, 5.74) is -0.389. The molecule has 1 atom stereocenters. The van der Waals surface area contributed by atoms with Gasteiger partial charge in [0.2, 0.25) is 11.7 Å². The van der Waals surface area contributed by atoms with Crippen LogP contribution in [0.15, 0.2) is 42.8 Å². The number of carbonyl (C=O) groups is 1. The summed E-state index contributed by atoms with van der Waals surface area (Å²) in [6.07, 6.45) is -3.05. The van der Waals surface area contributed by atoms with Crippen molar-refractivity contribution in [3.05, 3.63) is 53.9 Å². The Bertz CT molecular complexity index is 649. The smallest absolute Gasteiger partial charge is 0.416 e. The monoisotopic (exact) mass is 325 g/mol. The highest BCUT2D eigenvalue weighted by Gasteiger charge is 2.37. The molecule has 1 aliphatic heterocycles. The van der Waals surface area contributed by atoms with E-state index in [1.165, 1.54) is 12.1 Å². The van der Waals surface area contributed by atoms with Crippen molar-refractivity contribution < 1.29 is 22.7 Å². The second kappa shape index (κ2) is 6.48. The molecule has 124 valence electrons. The van der Waals surface area contributed by atoms with E-state index in [1.807, 2.05) is 0 Å². The molecule has 23 heavy (non-hydrogen) atoms. The van der Waals surface area contributed by atoms with Crippen LogP contribution in [0.4, 0.5) is 13.2 Å². The minimum absolute atomic E-state index is 0.187. The Hall–Kier alpha value is -2.24. The van der Waals surface area contributed by atoms with Gasteiger partial charge in [-0.25, -0.2) is 0 Å². The number of alkyl halides is 3. The first-order valence-corrected chi connectivity index (χ1v) is 7.24. The van der Waals surface area contributed by atoms with Gasteiger partial charge in [-0.3, -0.25) is 4.79 Å². The summed E-state index contributed by atoms with van der Waals surface area (Å²) < 4.78 is 44.4. The molecule has 0 amide bonds. The molecule has 1 heterocycles. The number of nitrogens with zero attached hydrogens (tertiary/aromatic N) is 1. The van der Waals surface area contributed by atoms with Crippen LogP contribution >= 0.6 is 0 Å². The first-order chi connectivity index (χ1) is 10.8. The largest absolute Gasteiger partial charge is 0.467 e. The standard InChI is InChI=1S/C17H18F3NO2/c1-4-9-21(3)16-14(15(22)13(5-2)23-16)11-7-6-8-12(10-11)17(18,19)20/h4,6-8,10,13H,1,5,9H2,2-3H3. The third-order valence-corrected chi connectivity index (χ3v) is 3.61. The number of hydrogen-bond acceptors (Lipinski definition) is 3. The number of Topliss-reactive ketones (excluding diaryl/α,β-unsaturated/α-hetero) is 1. The quantitative estimate of drug-likeness (QED) is 0.770. The average molecular weight is 325 g/mol. The van der Waals surface area contributed by atoms with Crippen molar-refractivity contribution in [3.8, 4) is 0 Å². The number of likely N-dealkylation sites (N-methyl/N-ethyl adjacent to an activating group) is 1. The van der Waals surface area contributed by atoms with Crippen molar-refractivity contribution in [2.24, 2.45) is 0 Å². The lowest BCUT2D eigenvalue weighted by molar-refractivity contribution is -0.137. The van der Waals surface area contributed by atoms with E-state index in [4.69, 9.17) is 4.74 Å². The second-order valence-corrected chi connectivity index (χ2v) is 5.31. The van der Waals surface area contributed by atoms with Crippen LogP contribution in [0, 0.1) is 0 Å². The molecule has 0 saturated carbocycles. The number of rotatable bonds is 5. The van der Waals surface area contributed by atoms with Crippen molar-refractivity contribution in [3.63, 3.8) is 0 Å². The molecule has 1 aromatic carbocycles. The number of ether oxygens (including phenoxy) is 1. The summed E-state index contributed by atoms with van der Waals surface area (Å²) in [7, 11) is 1.70. The molecule has 0 spiro atoms. The van der Waals surface area contributed by atoms with Crippen LogP contribution in [0.3, 0.4) is 0 Å². The molecule has 0 aliphatic carbocycles. The minimum Gasteiger partial charge on any atom is -0.467 e. The van der Waals surface area contributed by atoms with Crippen LogP contribution in [-0.4, -0.2) is 30.4 Å². The topological polar surface area (TPSA) is 29.5 Å². The normalized spacial score (nSPS) is 18.1. The van der Waals surface area contributed by atoms with Gasteiger partial charge in [0.15, 0.2) is 6.10 Å². The van der Waals surface area contributed by atoms with Crippen LogP contribution in [0.2, 0.25) is 0 Å². The van der Waals surface area contributed by atoms with E-state index in [1.54, 1.807) is 24.9 Å². The van der Waals surface area contributed by atoms with Crippen LogP contribution in [0.1, 0.15) is 24.5 Å². The van der Waals surface area contributed by atoms with E-state index in [2.05, 4.69) is 6.58 Å². The molecule has 0 radical (unpaired) electrons. The van der Waals surface area contributed by atoms with E-state index in [0.29, 0.717) is 18.8 Å². The molecule has 1 aromatic rings. The molecular weight excluding hydrogens is 307 g/mol. The van der Waals surface area contributed by atoms with Gasteiger partial charge in [0, 0.05) is 13.6 Å². The lowest BCUT2D eigenvalue weighted by atomic mass is 9.97. The zero-order valence-corrected chi connectivity index (χ0v) is 13.0. The molecule has 0 bridgehead atoms. The third-order valence-electron chi connectivity index (χ3n) is 3.61. The Morgan fingerprint density at radius 3 is 2.65 bits per heavy atom. The van der Waals surface area contributed by atoms with Crippen molar-refractivity contribution >= 4 is 11.4 Å². The third kappa shape index (κ3) is 3.41. The Labute approximate surface area is 133 Å². The van der Waals surface area contributed by atoms with Crippen molar-refractivity contribution in [1.82, 2.24) is 4.90 Å². The number of halogens is 3. The maximum atomic E-state index is 12.9. The van der Waals surface area contributed by atoms with E-state index >= 15 is 0 Å². The predicted octanol–water partition coefficient (Wildman–Crippen LogP) is 3.87. The van der Waals surface area contributed by atoms with Gasteiger partial charge in [-0.2, -0.15) is 13.2 Å². The summed E-state index contributed by atoms with van der Waals surface area (Å²) in [6.45, 7) is 5.83. The highest BCUT2D eigenvalue weighted by molar-refractivity contribution is 6.25. The molecule has 0 fully saturated rings. The summed E-state index contributed by atoms with van der Waals surface area (Å²) in [4.78, 5) is 14.2.